The molecule has 9 heteroatoms. The minimum Gasteiger partial charge on any atom is -0.313 e. The lowest BCUT2D eigenvalue weighted by Gasteiger charge is -2.10. The van der Waals surface area contributed by atoms with Gasteiger partial charge in [-0.15, -0.1) is 0 Å². The molecule has 28 heavy (non-hydrogen) atoms. The molecule has 1 aromatic carbocycles. The van der Waals surface area contributed by atoms with Gasteiger partial charge in [-0.25, -0.2) is 13.1 Å². The Morgan fingerprint density at radius 1 is 1.18 bits per heavy atom. The van der Waals surface area contributed by atoms with Gasteiger partial charge in [0, 0.05) is 41.8 Å². The number of anilines is 1. The molecule has 0 saturated heterocycles. The van der Waals surface area contributed by atoms with E-state index >= 15 is 0 Å². The van der Waals surface area contributed by atoms with Gasteiger partial charge in [0.1, 0.15) is 0 Å². The van der Waals surface area contributed by atoms with E-state index in [1.165, 1.54) is 6.07 Å². The molecule has 0 amide bonds. The molecule has 0 saturated carbocycles. The van der Waals surface area contributed by atoms with Crippen molar-refractivity contribution in [1.82, 2.24) is 14.3 Å². The van der Waals surface area contributed by atoms with Crippen molar-refractivity contribution in [2.45, 2.75) is 20.4 Å². The van der Waals surface area contributed by atoms with Crippen LogP contribution < -0.4 is 10.3 Å². The molecule has 3 aromatic rings. The molecule has 0 bridgehead atoms. The predicted molar refractivity (Wildman–Crippen MR) is 112 cm³/mol. The fraction of sp³-hybridized carbons (Fsp3) is 0.263. The first-order chi connectivity index (χ1) is 13.1. The molecule has 0 aliphatic heterocycles. The van der Waals surface area contributed by atoms with E-state index in [2.05, 4.69) is 23.7 Å². The molecule has 7 nitrogen and oxygen atoms in total. The number of nitrogens with one attached hydrogen (secondary N) is 1. The minimum atomic E-state index is -3.37. The highest BCUT2D eigenvalue weighted by Gasteiger charge is 2.11. The number of sulfonamides is 1. The topological polar surface area (TPSA) is 86.0 Å². The summed E-state index contributed by atoms with van der Waals surface area (Å²) in [6.45, 7) is 4.73. The quantitative estimate of drug-likeness (QED) is 0.662. The second-order valence-electron chi connectivity index (χ2n) is 7.01. The first-order valence-corrected chi connectivity index (χ1v) is 10.9. The summed E-state index contributed by atoms with van der Waals surface area (Å²) in [5.74, 6) is 0.346. The Bertz CT molecular complexity index is 1170. The molecule has 148 valence electrons. The van der Waals surface area contributed by atoms with Crippen molar-refractivity contribution in [3.05, 3.63) is 64.3 Å². The van der Waals surface area contributed by atoms with Gasteiger partial charge in [0.05, 0.1) is 23.2 Å². The van der Waals surface area contributed by atoms with Crippen molar-refractivity contribution in [3.8, 4) is 16.8 Å². The van der Waals surface area contributed by atoms with Crippen LogP contribution in [0.15, 0.2) is 53.7 Å². The molecule has 0 radical (unpaired) electrons. The van der Waals surface area contributed by atoms with Gasteiger partial charge < -0.3 is 4.57 Å². The highest BCUT2D eigenvalue weighted by molar-refractivity contribution is 7.92. The third kappa shape index (κ3) is 4.82. The maximum atomic E-state index is 12.0. The highest BCUT2D eigenvalue weighted by atomic mass is 35.5. The molecular weight excluding hydrogens is 400 g/mol. The van der Waals surface area contributed by atoms with Gasteiger partial charge in [-0.05, 0) is 24.1 Å². The fourth-order valence-corrected chi connectivity index (χ4v) is 3.66. The Kier molecular flexibility index (Phi) is 5.62. The zero-order valence-corrected chi connectivity index (χ0v) is 17.3. The van der Waals surface area contributed by atoms with Crippen LogP contribution in [0.3, 0.4) is 0 Å². The molecule has 2 aromatic heterocycles. The van der Waals surface area contributed by atoms with Crippen LogP contribution >= 0.6 is 11.6 Å². The number of pyridine rings is 1. The van der Waals surface area contributed by atoms with Gasteiger partial charge >= 0.3 is 0 Å². The van der Waals surface area contributed by atoms with Crippen LogP contribution in [-0.4, -0.2) is 29.0 Å². The van der Waals surface area contributed by atoms with E-state index in [1.54, 1.807) is 45.9 Å². The maximum absolute atomic E-state index is 12.0. The highest BCUT2D eigenvalue weighted by Crippen LogP contribution is 2.30. The van der Waals surface area contributed by atoms with Crippen LogP contribution in [0.5, 0.6) is 0 Å². The van der Waals surface area contributed by atoms with E-state index in [0.29, 0.717) is 23.2 Å². The van der Waals surface area contributed by atoms with Gasteiger partial charge in [0.15, 0.2) is 0 Å². The van der Waals surface area contributed by atoms with Gasteiger partial charge in [0.25, 0.3) is 5.56 Å². The van der Waals surface area contributed by atoms with E-state index in [0.717, 1.165) is 23.1 Å². The van der Waals surface area contributed by atoms with E-state index in [1.807, 2.05) is 6.20 Å². The van der Waals surface area contributed by atoms with Crippen molar-refractivity contribution in [1.29, 1.82) is 0 Å². The van der Waals surface area contributed by atoms with E-state index in [4.69, 9.17) is 11.6 Å². The molecule has 0 fully saturated rings. The maximum Gasteiger partial charge on any atom is 0.250 e. The zero-order chi connectivity index (χ0) is 20.5. The summed E-state index contributed by atoms with van der Waals surface area (Å²) in [7, 11) is -3.37. The van der Waals surface area contributed by atoms with Gasteiger partial charge in [-0.2, -0.15) is 5.10 Å². The summed E-state index contributed by atoms with van der Waals surface area (Å²) >= 11 is 6.33. The van der Waals surface area contributed by atoms with Crippen LogP contribution in [0, 0.1) is 5.92 Å². The number of hydrogen-bond acceptors (Lipinski definition) is 4. The molecule has 0 aliphatic rings. The summed E-state index contributed by atoms with van der Waals surface area (Å²) in [4.78, 5) is 12.0. The Morgan fingerprint density at radius 2 is 1.93 bits per heavy atom. The summed E-state index contributed by atoms with van der Waals surface area (Å²) in [5.41, 5.74) is 2.60. The van der Waals surface area contributed by atoms with E-state index < -0.39 is 10.0 Å². The summed E-state index contributed by atoms with van der Waals surface area (Å²) in [6.07, 6.45) is 6.34. The van der Waals surface area contributed by atoms with Crippen LogP contribution in [0.25, 0.3) is 16.8 Å². The van der Waals surface area contributed by atoms with Crippen molar-refractivity contribution in [2.75, 3.05) is 11.0 Å². The third-order valence-electron chi connectivity index (χ3n) is 3.96. The van der Waals surface area contributed by atoms with Crippen molar-refractivity contribution < 1.29 is 8.42 Å². The Balaban J connectivity index is 1.92. The second-order valence-corrected chi connectivity index (χ2v) is 9.17. The fourth-order valence-electron chi connectivity index (χ4n) is 2.82. The summed E-state index contributed by atoms with van der Waals surface area (Å²) < 4.78 is 28.4. The standard InChI is InChI=1S/C19H21ClN4O3S/c1-13(2)10-23-12-16(5-7-19(23)25)24-11-14(9-21-24)17-6-4-15(8-18(17)20)22-28(3,26)27/h4-9,11-13,22H,10H2,1-3H3. The van der Waals surface area contributed by atoms with Crippen molar-refractivity contribution in [2.24, 2.45) is 5.92 Å². The molecule has 0 aliphatic carbocycles. The molecule has 3 rings (SSSR count). The molecular formula is C19H21ClN4O3S. The summed E-state index contributed by atoms with van der Waals surface area (Å²) in [5, 5.41) is 4.77. The minimum absolute atomic E-state index is 0.0539. The number of benzene rings is 1. The molecule has 1 N–H and O–H groups in total. The first kappa shape index (κ1) is 20.2. The third-order valence-corrected chi connectivity index (χ3v) is 4.88. The smallest absolute Gasteiger partial charge is 0.250 e. The lowest BCUT2D eigenvalue weighted by atomic mass is 10.1. The lowest BCUT2D eigenvalue weighted by molar-refractivity contribution is 0.509. The van der Waals surface area contributed by atoms with Crippen LogP contribution in [0.4, 0.5) is 5.69 Å². The number of hydrogen-bond donors (Lipinski definition) is 1. The Hall–Kier alpha value is -2.58. The average Bonchev–Trinajstić information content (AvgIpc) is 3.05. The predicted octanol–water partition coefficient (Wildman–Crippen LogP) is 3.38. The number of aromatic nitrogens is 3. The van der Waals surface area contributed by atoms with Crippen LogP contribution in [0.1, 0.15) is 13.8 Å². The van der Waals surface area contributed by atoms with E-state index in [-0.39, 0.29) is 5.56 Å². The van der Waals surface area contributed by atoms with Gasteiger partial charge in [-0.3, -0.25) is 9.52 Å². The van der Waals surface area contributed by atoms with E-state index in [9.17, 15) is 13.2 Å². The zero-order valence-electron chi connectivity index (χ0n) is 15.8. The molecule has 2 heterocycles. The first-order valence-electron chi connectivity index (χ1n) is 8.65. The normalized spacial score (nSPS) is 11.8. The number of nitrogens with zero attached hydrogens (tertiary/aromatic N) is 3. The number of rotatable bonds is 6. The molecule has 0 atom stereocenters. The SMILES string of the molecule is CC(C)Cn1cc(-n2cc(-c3ccc(NS(C)(=O)=O)cc3Cl)cn2)ccc1=O. The van der Waals surface area contributed by atoms with Gasteiger partial charge in [-0.1, -0.05) is 31.5 Å². The van der Waals surface area contributed by atoms with Crippen molar-refractivity contribution >= 4 is 27.3 Å². The Labute approximate surface area is 168 Å². The van der Waals surface area contributed by atoms with Gasteiger partial charge in [0.2, 0.25) is 10.0 Å². The van der Waals surface area contributed by atoms with Crippen LogP contribution in [0.2, 0.25) is 5.02 Å². The van der Waals surface area contributed by atoms with Crippen molar-refractivity contribution in [3.63, 3.8) is 0 Å². The molecule has 0 spiro atoms. The Morgan fingerprint density at radius 3 is 2.57 bits per heavy atom. The summed E-state index contributed by atoms with van der Waals surface area (Å²) in [6, 6.07) is 8.17. The van der Waals surface area contributed by atoms with Crippen LogP contribution in [-0.2, 0) is 16.6 Å². The largest absolute Gasteiger partial charge is 0.313 e. The molecule has 0 unspecified atom stereocenters. The average molecular weight is 421 g/mol. The number of halogens is 1. The second kappa shape index (κ2) is 7.81. The monoisotopic (exact) mass is 420 g/mol. The lowest BCUT2D eigenvalue weighted by Crippen LogP contribution is -2.21.